The summed E-state index contributed by atoms with van der Waals surface area (Å²) >= 11 is 0. The Hall–Kier alpha value is -1.77. The van der Waals surface area contributed by atoms with E-state index in [0.717, 1.165) is 37.9 Å². The SMILES string of the molecule is C=CC1CCCN1C(=O)Nc1c2c(cc3c1CCC3)CCC2. The van der Waals surface area contributed by atoms with E-state index in [1.54, 1.807) is 0 Å². The van der Waals surface area contributed by atoms with E-state index < -0.39 is 0 Å². The van der Waals surface area contributed by atoms with Gasteiger partial charge in [0.2, 0.25) is 0 Å². The highest BCUT2D eigenvalue weighted by Gasteiger charge is 2.29. The highest BCUT2D eigenvalue weighted by Crippen LogP contribution is 2.38. The number of amides is 2. The lowest BCUT2D eigenvalue weighted by Gasteiger charge is -2.24. The maximum Gasteiger partial charge on any atom is 0.322 e. The predicted molar refractivity (Wildman–Crippen MR) is 89.4 cm³/mol. The number of nitrogens with one attached hydrogen (secondary N) is 1. The Labute approximate surface area is 132 Å². The molecule has 0 radical (unpaired) electrons. The van der Waals surface area contributed by atoms with E-state index >= 15 is 0 Å². The normalized spacial score (nSPS) is 22.5. The minimum Gasteiger partial charge on any atom is -0.318 e. The Morgan fingerprint density at radius 2 is 1.82 bits per heavy atom. The summed E-state index contributed by atoms with van der Waals surface area (Å²) < 4.78 is 0. The molecule has 22 heavy (non-hydrogen) atoms. The second-order valence-electron chi connectivity index (χ2n) is 6.80. The molecular formula is C19H24N2O. The molecule has 1 heterocycles. The fourth-order valence-electron chi connectivity index (χ4n) is 4.44. The number of carbonyl (C=O) groups excluding carboxylic acids is 1. The first kappa shape index (κ1) is 13.9. The van der Waals surface area contributed by atoms with Crippen molar-refractivity contribution in [3.8, 4) is 0 Å². The maximum absolute atomic E-state index is 12.8. The topological polar surface area (TPSA) is 32.3 Å². The molecule has 2 amide bonds. The molecule has 1 aliphatic heterocycles. The summed E-state index contributed by atoms with van der Waals surface area (Å²) in [6.45, 7) is 4.72. The van der Waals surface area contributed by atoms with E-state index in [1.165, 1.54) is 47.9 Å². The summed E-state index contributed by atoms with van der Waals surface area (Å²) in [6.07, 6.45) is 11.0. The van der Waals surface area contributed by atoms with Crippen LogP contribution in [0.3, 0.4) is 0 Å². The first-order valence-corrected chi connectivity index (χ1v) is 8.64. The van der Waals surface area contributed by atoms with Gasteiger partial charge < -0.3 is 10.2 Å². The molecule has 1 aromatic rings. The average molecular weight is 296 g/mol. The molecule has 1 aromatic carbocycles. The molecule has 1 N–H and O–H groups in total. The van der Waals surface area contributed by atoms with Crippen LogP contribution in [0.4, 0.5) is 10.5 Å². The lowest BCUT2D eigenvalue weighted by atomic mass is 9.99. The zero-order valence-electron chi connectivity index (χ0n) is 13.2. The van der Waals surface area contributed by atoms with Crippen molar-refractivity contribution in [1.29, 1.82) is 0 Å². The van der Waals surface area contributed by atoms with Gasteiger partial charge in [0.15, 0.2) is 0 Å². The Morgan fingerprint density at radius 1 is 1.14 bits per heavy atom. The van der Waals surface area contributed by atoms with Gasteiger partial charge in [0.25, 0.3) is 0 Å². The lowest BCUT2D eigenvalue weighted by Crippen LogP contribution is -2.38. The quantitative estimate of drug-likeness (QED) is 0.826. The van der Waals surface area contributed by atoms with Gasteiger partial charge in [0.1, 0.15) is 0 Å². The molecule has 4 rings (SSSR count). The average Bonchev–Trinajstić information content (AvgIpc) is 3.25. The number of nitrogens with zero attached hydrogens (tertiary/aromatic N) is 1. The third kappa shape index (κ3) is 2.15. The van der Waals surface area contributed by atoms with Gasteiger partial charge >= 0.3 is 6.03 Å². The number of aryl methyl sites for hydroxylation is 2. The van der Waals surface area contributed by atoms with Crippen molar-refractivity contribution >= 4 is 11.7 Å². The Balaban J connectivity index is 1.66. The van der Waals surface area contributed by atoms with Crippen LogP contribution in [0.15, 0.2) is 18.7 Å². The van der Waals surface area contributed by atoms with Crippen LogP contribution in [0.5, 0.6) is 0 Å². The number of hydrogen-bond donors (Lipinski definition) is 1. The molecular weight excluding hydrogens is 272 g/mol. The van der Waals surface area contributed by atoms with E-state index in [2.05, 4.69) is 18.0 Å². The molecule has 2 aliphatic carbocycles. The summed E-state index contributed by atoms with van der Waals surface area (Å²) in [5.74, 6) is 0. The van der Waals surface area contributed by atoms with Gasteiger partial charge in [0, 0.05) is 12.2 Å². The summed E-state index contributed by atoms with van der Waals surface area (Å²) in [6, 6.07) is 2.67. The number of hydrogen-bond acceptors (Lipinski definition) is 1. The summed E-state index contributed by atoms with van der Waals surface area (Å²) in [5, 5.41) is 3.29. The molecule has 1 fully saturated rings. The van der Waals surface area contributed by atoms with Gasteiger partial charge in [-0.2, -0.15) is 0 Å². The molecule has 0 spiro atoms. The van der Waals surface area contributed by atoms with Crippen molar-refractivity contribution in [2.75, 3.05) is 11.9 Å². The van der Waals surface area contributed by atoms with Crippen LogP contribution < -0.4 is 5.32 Å². The lowest BCUT2D eigenvalue weighted by molar-refractivity contribution is 0.214. The number of anilines is 1. The molecule has 0 bridgehead atoms. The van der Waals surface area contributed by atoms with Crippen molar-refractivity contribution < 1.29 is 4.79 Å². The third-order valence-corrected chi connectivity index (χ3v) is 5.54. The minimum absolute atomic E-state index is 0.0665. The zero-order valence-corrected chi connectivity index (χ0v) is 13.2. The Kier molecular flexibility index (Phi) is 3.44. The van der Waals surface area contributed by atoms with Gasteiger partial charge in [-0.25, -0.2) is 4.79 Å². The second kappa shape index (κ2) is 5.45. The molecule has 0 saturated carbocycles. The monoisotopic (exact) mass is 296 g/mol. The Bertz CT molecular complexity index is 603. The minimum atomic E-state index is 0.0665. The van der Waals surface area contributed by atoms with E-state index in [4.69, 9.17) is 0 Å². The number of fused-ring (bicyclic) bond motifs is 2. The highest BCUT2D eigenvalue weighted by atomic mass is 16.2. The van der Waals surface area contributed by atoms with Crippen LogP contribution in [-0.4, -0.2) is 23.5 Å². The van der Waals surface area contributed by atoms with Crippen LogP contribution in [0.25, 0.3) is 0 Å². The van der Waals surface area contributed by atoms with Crippen LogP contribution in [0, 0.1) is 0 Å². The fourth-order valence-corrected chi connectivity index (χ4v) is 4.44. The van der Waals surface area contributed by atoms with Gasteiger partial charge in [-0.1, -0.05) is 12.1 Å². The van der Waals surface area contributed by atoms with E-state index in [9.17, 15) is 4.79 Å². The van der Waals surface area contributed by atoms with E-state index in [1.807, 2.05) is 11.0 Å². The number of benzene rings is 1. The number of likely N-dealkylation sites (tertiary alicyclic amines) is 1. The number of carbonyl (C=O) groups is 1. The largest absolute Gasteiger partial charge is 0.322 e. The van der Waals surface area contributed by atoms with Crippen LogP contribution >= 0.6 is 0 Å². The molecule has 0 aromatic heterocycles. The zero-order chi connectivity index (χ0) is 15.1. The highest BCUT2D eigenvalue weighted by molar-refractivity contribution is 5.92. The van der Waals surface area contributed by atoms with Crippen molar-refractivity contribution in [3.63, 3.8) is 0 Å². The second-order valence-corrected chi connectivity index (χ2v) is 6.80. The predicted octanol–water partition coefficient (Wildman–Crippen LogP) is 3.85. The summed E-state index contributed by atoms with van der Waals surface area (Å²) in [7, 11) is 0. The van der Waals surface area contributed by atoms with Crippen LogP contribution in [0.1, 0.15) is 47.9 Å². The maximum atomic E-state index is 12.8. The third-order valence-electron chi connectivity index (χ3n) is 5.54. The Morgan fingerprint density at radius 3 is 2.45 bits per heavy atom. The first-order chi connectivity index (χ1) is 10.8. The van der Waals surface area contributed by atoms with E-state index in [-0.39, 0.29) is 12.1 Å². The smallest absolute Gasteiger partial charge is 0.318 e. The molecule has 1 unspecified atom stereocenters. The summed E-state index contributed by atoms with van der Waals surface area (Å²) in [4.78, 5) is 14.7. The van der Waals surface area contributed by atoms with Crippen LogP contribution in [-0.2, 0) is 25.7 Å². The standard InChI is InChI=1S/C19H24N2O/c1-2-15-8-5-11-21(15)19(22)20-18-16-9-3-6-13(16)12-14-7-4-10-17(14)18/h2,12,15H,1,3-11H2,(H,20,22). The van der Waals surface area contributed by atoms with Gasteiger partial charge in [-0.05, 0) is 73.6 Å². The van der Waals surface area contributed by atoms with E-state index in [0.29, 0.717) is 0 Å². The molecule has 1 saturated heterocycles. The molecule has 1 atom stereocenters. The fraction of sp³-hybridized carbons (Fsp3) is 0.526. The van der Waals surface area contributed by atoms with Crippen LogP contribution in [0.2, 0.25) is 0 Å². The molecule has 3 nitrogen and oxygen atoms in total. The van der Waals surface area contributed by atoms with Crippen molar-refractivity contribution in [3.05, 3.63) is 41.0 Å². The van der Waals surface area contributed by atoms with Gasteiger partial charge in [-0.15, -0.1) is 6.58 Å². The molecule has 3 aliphatic rings. The number of rotatable bonds is 2. The number of urea groups is 1. The summed E-state index contributed by atoms with van der Waals surface area (Å²) in [5.41, 5.74) is 6.91. The molecule has 3 heteroatoms. The van der Waals surface area contributed by atoms with Gasteiger partial charge in [0.05, 0.1) is 6.04 Å². The first-order valence-electron chi connectivity index (χ1n) is 8.64. The van der Waals surface area contributed by atoms with Crippen molar-refractivity contribution in [2.45, 2.75) is 57.4 Å². The van der Waals surface area contributed by atoms with Crippen molar-refractivity contribution in [2.24, 2.45) is 0 Å². The molecule has 116 valence electrons. The van der Waals surface area contributed by atoms with Crippen molar-refractivity contribution in [1.82, 2.24) is 4.90 Å². The van der Waals surface area contributed by atoms with Gasteiger partial charge in [-0.3, -0.25) is 0 Å².